The summed E-state index contributed by atoms with van der Waals surface area (Å²) in [6.45, 7) is 5.33. The van der Waals surface area contributed by atoms with E-state index in [1.807, 2.05) is 12.1 Å². The lowest BCUT2D eigenvalue weighted by Gasteiger charge is -2.36. The fourth-order valence-electron chi connectivity index (χ4n) is 4.38. The summed E-state index contributed by atoms with van der Waals surface area (Å²) in [5, 5.41) is 2.96. The maximum Gasteiger partial charge on any atom is 0.250 e. The molecule has 4 rings (SSSR count). The van der Waals surface area contributed by atoms with Crippen LogP contribution in [0.4, 0.5) is 11.4 Å². The Hall–Kier alpha value is -2.37. The highest BCUT2D eigenvalue weighted by atomic mass is 16.5. The number of hydrogen-bond donors (Lipinski definition) is 1. The van der Waals surface area contributed by atoms with E-state index >= 15 is 0 Å². The molecular weight excluding hydrogens is 374 g/mol. The van der Waals surface area contributed by atoms with E-state index in [4.69, 9.17) is 4.74 Å². The number of benzene rings is 2. The van der Waals surface area contributed by atoms with Gasteiger partial charge in [0, 0.05) is 44.1 Å². The van der Waals surface area contributed by atoms with Crippen molar-refractivity contribution >= 4 is 17.3 Å². The Morgan fingerprint density at radius 1 is 0.900 bits per heavy atom. The van der Waals surface area contributed by atoms with Crippen molar-refractivity contribution in [3.05, 3.63) is 60.2 Å². The molecule has 0 atom stereocenters. The third-order valence-electron chi connectivity index (χ3n) is 6.14. The van der Waals surface area contributed by atoms with E-state index in [1.165, 1.54) is 30.5 Å². The molecule has 1 saturated carbocycles. The van der Waals surface area contributed by atoms with Gasteiger partial charge in [0.1, 0.15) is 6.61 Å². The molecule has 2 aliphatic rings. The standard InChI is InChI=1S/C25H33N3O2/c29-25(20-30-24-9-5-2-6-10-24)26-22-11-13-23(14-12-22)28-17-15-27(16-18-28)19-21-7-3-1-4-8-21/h1,3-4,7-8,11-14,24H,2,5-6,9-10,15-20H2,(H,26,29). The summed E-state index contributed by atoms with van der Waals surface area (Å²) in [7, 11) is 0. The molecule has 0 aromatic heterocycles. The Kier molecular flexibility index (Phi) is 7.38. The summed E-state index contributed by atoms with van der Waals surface area (Å²) in [6, 6.07) is 18.8. The molecule has 0 radical (unpaired) electrons. The van der Waals surface area contributed by atoms with Crippen LogP contribution in [0.3, 0.4) is 0 Å². The number of nitrogens with one attached hydrogen (secondary N) is 1. The Morgan fingerprint density at radius 3 is 2.30 bits per heavy atom. The molecule has 0 bridgehead atoms. The zero-order valence-electron chi connectivity index (χ0n) is 17.8. The second kappa shape index (κ2) is 10.6. The first-order chi connectivity index (χ1) is 14.8. The summed E-state index contributed by atoms with van der Waals surface area (Å²) in [5.74, 6) is -0.0668. The van der Waals surface area contributed by atoms with Gasteiger partial charge in [-0.15, -0.1) is 0 Å². The van der Waals surface area contributed by atoms with Crippen LogP contribution in [-0.2, 0) is 16.1 Å². The number of rotatable bonds is 7. The van der Waals surface area contributed by atoms with Crippen molar-refractivity contribution in [2.24, 2.45) is 0 Å². The number of piperazine rings is 1. The molecule has 0 unspecified atom stereocenters. The zero-order chi connectivity index (χ0) is 20.6. The van der Waals surface area contributed by atoms with E-state index in [0.717, 1.165) is 51.3 Å². The van der Waals surface area contributed by atoms with E-state index in [1.54, 1.807) is 0 Å². The van der Waals surface area contributed by atoms with E-state index in [2.05, 4.69) is 57.6 Å². The minimum Gasteiger partial charge on any atom is -0.369 e. The van der Waals surface area contributed by atoms with Crippen LogP contribution < -0.4 is 10.2 Å². The maximum absolute atomic E-state index is 12.2. The largest absolute Gasteiger partial charge is 0.369 e. The minimum absolute atomic E-state index is 0.0668. The topological polar surface area (TPSA) is 44.8 Å². The molecule has 2 fully saturated rings. The first-order valence-electron chi connectivity index (χ1n) is 11.3. The number of amides is 1. The van der Waals surface area contributed by atoms with Crippen molar-refractivity contribution < 1.29 is 9.53 Å². The fourth-order valence-corrected chi connectivity index (χ4v) is 4.38. The van der Waals surface area contributed by atoms with Gasteiger partial charge in [-0.25, -0.2) is 0 Å². The molecule has 5 heteroatoms. The lowest BCUT2D eigenvalue weighted by Crippen LogP contribution is -2.45. The van der Waals surface area contributed by atoms with Gasteiger partial charge in [-0.2, -0.15) is 0 Å². The quantitative estimate of drug-likeness (QED) is 0.743. The van der Waals surface area contributed by atoms with E-state index in [9.17, 15) is 4.79 Å². The van der Waals surface area contributed by atoms with Crippen LogP contribution in [-0.4, -0.2) is 49.7 Å². The smallest absolute Gasteiger partial charge is 0.250 e. The van der Waals surface area contributed by atoms with E-state index in [0.29, 0.717) is 0 Å². The molecule has 2 aromatic rings. The highest BCUT2D eigenvalue weighted by Gasteiger charge is 2.18. The van der Waals surface area contributed by atoms with Gasteiger partial charge in [-0.1, -0.05) is 49.6 Å². The first-order valence-corrected chi connectivity index (χ1v) is 11.3. The second-order valence-electron chi connectivity index (χ2n) is 8.41. The van der Waals surface area contributed by atoms with Crippen LogP contribution in [0.15, 0.2) is 54.6 Å². The average molecular weight is 408 g/mol. The van der Waals surface area contributed by atoms with Gasteiger partial charge in [0.2, 0.25) is 5.91 Å². The normalized spacial score (nSPS) is 18.3. The van der Waals surface area contributed by atoms with Gasteiger partial charge >= 0.3 is 0 Å². The molecule has 2 aromatic carbocycles. The molecule has 1 saturated heterocycles. The highest BCUT2D eigenvalue weighted by Crippen LogP contribution is 2.22. The molecule has 160 valence electrons. The molecule has 1 aliphatic heterocycles. The van der Waals surface area contributed by atoms with Crippen LogP contribution in [0.25, 0.3) is 0 Å². The molecule has 1 amide bonds. The predicted molar refractivity (Wildman–Crippen MR) is 122 cm³/mol. The zero-order valence-corrected chi connectivity index (χ0v) is 17.8. The second-order valence-corrected chi connectivity index (χ2v) is 8.41. The predicted octanol–water partition coefficient (Wildman–Crippen LogP) is 4.30. The highest BCUT2D eigenvalue weighted by molar-refractivity contribution is 5.91. The van der Waals surface area contributed by atoms with Crippen molar-refractivity contribution in [2.75, 3.05) is 43.0 Å². The number of carbonyl (C=O) groups excluding carboxylic acids is 1. The number of hydrogen-bond acceptors (Lipinski definition) is 4. The summed E-state index contributed by atoms with van der Waals surface area (Å²) in [4.78, 5) is 17.1. The summed E-state index contributed by atoms with van der Waals surface area (Å²) < 4.78 is 5.76. The molecular formula is C25H33N3O2. The van der Waals surface area contributed by atoms with Crippen molar-refractivity contribution in [1.82, 2.24) is 4.90 Å². The van der Waals surface area contributed by atoms with Gasteiger partial charge in [0.05, 0.1) is 6.10 Å². The number of anilines is 2. The lowest BCUT2D eigenvalue weighted by molar-refractivity contribution is -0.123. The summed E-state index contributed by atoms with van der Waals surface area (Å²) >= 11 is 0. The number of ether oxygens (including phenoxy) is 1. The Morgan fingerprint density at radius 2 is 1.60 bits per heavy atom. The molecule has 0 spiro atoms. The van der Waals surface area contributed by atoms with Crippen LogP contribution in [0.2, 0.25) is 0 Å². The van der Waals surface area contributed by atoms with Crippen LogP contribution in [0.5, 0.6) is 0 Å². The van der Waals surface area contributed by atoms with Crippen LogP contribution in [0.1, 0.15) is 37.7 Å². The molecule has 1 heterocycles. The van der Waals surface area contributed by atoms with Gasteiger partial charge < -0.3 is 15.0 Å². The molecule has 1 aliphatic carbocycles. The van der Waals surface area contributed by atoms with E-state index < -0.39 is 0 Å². The fraction of sp³-hybridized carbons (Fsp3) is 0.480. The minimum atomic E-state index is -0.0668. The van der Waals surface area contributed by atoms with Crippen LogP contribution in [0, 0.1) is 0 Å². The maximum atomic E-state index is 12.2. The molecule has 5 nitrogen and oxygen atoms in total. The van der Waals surface area contributed by atoms with Gasteiger partial charge in [-0.05, 0) is 42.7 Å². The Labute approximate surface area is 180 Å². The van der Waals surface area contributed by atoms with Gasteiger partial charge in [0.25, 0.3) is 0 Å². The third kappa shape index (κ3) is 6.07. The molecule has 1 N–H and O–H groups in total. The Balaban J connectivity index is 1.20. The molecule has 30 heavy (non-hydrogen) atoms. The van der Waals surface area contributed by atoms with Crippen molar-refractivity contribution in [1.29, 1.82) is 0 Å². The summed E-state index contributed by atoms with van der Waals surface area (Å²) in [6.07, 6.45) is 6.15. The SMILES string of the molecule is O=C(COC1CCCCC1)Nc1ccc(N2CCN(Cc3ccccc3)CC2)cc1. The lowest BCUT2D eigenvalue weighted by atomic mass is 9.98. The number of carbonyl (C=O) groups is 1. The average Bonchev–Trinajstić information content (AvgIpc) is 2.80. The van der Waals surface area contributed by atoms with E-state index in [-0.39, 0.29) is 18.6 Å². The first kappa shape index (κ1) is 20.9. The van der Waals surface area contributed by atoms with Crippen molar-refractivity contribution in [3.63, 3.8) is 0 Å². The van der Waals surface area contributed by atoms with Crippen molar-refractivity contribution in [3.8, 4) is 0 Å². The van der Waals surface area contributed by atoms with Crippen molar-refractivity contribution in [2.45, 2.75) is 44.8 Å². The Bertz CT molecular complexity index is 780. The van der Waals surface area contributed by atoms with Gasteiger partial charge in [0.15, 0.2) is 0 Å². The van der Waals surface area contributed by atoms with Crippen LogP contribution >= 0.6 is 0 Å². The number of nitrogens with zero attached hydrogens (tertiary/aromatic N) is 2. The third-order valence-corrected chi connectivity index (χ3v) is 6.14. The monoisotopic (exact) mass is 407 g/mol. The van der Waals surface area contributed by atoms with Gasteiger partial charge in [-0.3, -0.25) is 9.69 Å². The summed E-state index contributed by atoms with van der Waals surface area (Å²) in [5.41, 5.74) is 3.42.